The molecule has 2 aliphatic heterocycles. The van der Waals surface area contributed by atoms with Crippen molar-refractivity contribution in [2.45, 2.75) is 46.0 Å². The summed E-state index contributed by atoms with van der Waals surface area (Å²) in [5.41, 5.74) is 2.81. The Kier molecular flexibility index (Phi) is 6.12. The SMILES string of the molecule is Cc1cc(C(=O)N2CCC(Cc3ccccc3)CC2)nc(N2CCCC(C)C2)n1. The van der Waals surface area contributed by atoms with Crippen molar-refractivity contribution in [1.29, 1.82) is 0 Å². The van der Waals surface area contributed by atoms with E-state index in [1.54, 1.807) is 0 Å². The number of benzene rings is 1. The first-order valence-electron chi connectivity index (χ1n) is 11.0. The van der Waals surface area contributed by atoms with Gasteiger partial charge >= 0.3 is 0 Å². The normalized spacial score (nSPS) is 20.7. The first-order chi connectivity index (χ1) is 14.1. The number of piperidine rings is 2. The van der Waals surface area contributed by atoms with Gasteiger partial charge in [0.1, 0.15) is 5.69 Å². The van der Waals surface area contributed by atoms with Crippen LogP contribution >= 0.6 is 0 Å². The van der Waals surface area contributed by atoms with E-state index in [9.17, 15) is 4.79 Å². The molecular formula is C24H32N4O. The molecule has 2 saturated heterocycles. The van der Waals surface area contributed by atoms with E-state index in [1.165, 1.54) is 12.0 Å². The average molecular weight is 393 g/mol. The lowest BCUT2D eigenvalue weighted by Gasteiger charge is -2.33. The number of aromatic nitrogens is 2. The van der Waals surface area contributed by atoms with E-state index in [1.807, 2.05) is 17.9 Å². The summed E-state index contributed by atoms with van der Waals surface area (Å²) in [4.78, 5) is 26.7. The fraction of sp³-hybridized carbons (Fsp3) is 0.542. The lowest BCUT2D eigenvalue weighted by Crippen LogP contribution is -2.40. The molecule has 1 aromatic heterocycles. The van der Waals surface area contributed by atoms with Gasteiger partial charge in [0.25, 0.3) is 5.91 Å². The predicted molar refractivity (Wildman–Crippen MR) is 116 cm³/mol. The van der Waals surface area contributed by atoms with Gasteiger partial charge in [0.2, 0.25) is 5.95 Å². The first kappa shape index (κ1) is 19.9. The Morgan fingerprint density at radius 3 is 2.55 bits per heavy atom. The minimum Gasteiger partial charge on any atom is -0.341 e. The van der Waals surface area contributed by atoms with Crippen LogP contribution in [0.25, 0.3) is 0 Å². The van der Waals surface area contributed by atoms with Gasteiger partial charge in [0.05, 0.1) is 0 Å². The number of anilines is 1. The van der Waals surface area contributed by atoms with E-state index in [0.717, 1.165) is 63.5 Å². The highest BCUT2D eigenvalue weighted by Gasteiger charge is 2.26. The molecule has 0 saturated carbocycles. The third kappa shape index (κ3) is 4.95. The van der Waals surface area contributed by atoms with Crippen molar-refractivity contribution in [1.82, 2.24) is 14.9 Å². The molecule has 5 heteroatoms. The molecule has 29 heavy (non-hydrogen) atoms. The summed E-state index contributed by atoms with van der Waals surface area (Å²) < 4.78 is 0. The lowest BCUT2D eigenvalue weighted by atomic mass is 9.90. The monoisotopic (exact) mass is 392 g/mol. The van der Waals surface area contributed by atoms with Gasteiger partial charge in [0.15, 0.2) is 0 Å². The number of likely N-dealkylation sites (tertiary alicyclic amines) is 1. The minimum atomic E-state index is 0.0555. The van der Waals surface area contributed by atoms with Gasteiger partial charge in [0, 0.05) is 31.9 Å². The predicted octanol–water partition coefficient (Wildman–Crippen LogP) is 4.12. The molecule has 154 valence electrons. The Morgan fingerprint density at radius 2 is 1.83 bits per heavy atom. The van der Waals surface area contributed by atoms with E-state index in [0.29, 0.717) is 17.5 Å². The second kappa shape index (κ2) is 8.93. The number of nitrogens with zero attached hydrogens (tertiary/aromatic N) is 4. The van der Waals surface area contributed by atoms with Crippen molar-refractivity contribution in [3.63, 3.8) is 0 Å². The Morgan fingerprint density at radius 1 is 1.07 bits per heavy atom. The fourth-order valence-electron chi connectivity index (χ4n) is 4.62. The van der Waals surface area contributed by atoms with Crippen molar-refractivity contribution < 1.29 is 4.79 Å². The maximum absolute atomic E-state index is 13.1. The van der Waals surface area contributed by atoms with E-state index >= 15 is 0 Å². The Balaban J connectivity index is 1.39. The van der Waals surface area contributed by atoms with E-state index in [-0.39, 0.29) is 5.91 Å². The van der Waals surface area contributed by atoms with Crippen LogP contribution in [-0.2, 0) is 6.42 Å². The first-order valence-corrected chi connectivity index (χ1v) is 11.0. The highest BCUT2D eigenvalue weighted by atomic mass is 16.2. The maximum atomic E-state index is 13.1. The zero-order chi connectivity index (χ0) is 20.2. The zero-order valence-electron chi connectivity index (χ0n) is 17.7. The zero-order valence-corrected chi connectivity index (χ0v) is 17.7. The van der Waals surface area contributed by atoms with E-state index < -0.39 is 0 Å². The lowest BCUT2D eigenvalue weighted by molar-refractivity contribution is 0.0684. The standard InChI is InChI=1S/C24H32N4O/c1-18-7-6-12-28(17-18)24-25-19(2)15-22(26-24)23(29)27-13-10-21(11-14-27)16-20-8-4-3-5-9-20/h3-5,8-9,15,18,21H,6-7,10-14,16-17H2,1-2H3. The van der Waals surface area contributed by atoms with Crippen molar-refractivity contribution in [3.05, 3.63) is 53.3 Å². The molecule has 0 aliphatic carbocycles. The van der Waals surface area contributed by atoms with Gasteiger partial charge in [-0.05, 0) is 62.5 Å². The van der Waals surface area contributed by atoms with Crippen LogP contribution in [0.4, 0.5) is 5.95 Å². The smallest absolute Gasteiger partial charge is 0.272 e. The summed E-state index contributed by atoms with van der Waals surface area (Å²) in [6.07, 6.45) is 5.64. The number of hydrogen-bond donors (Lipinski definition) is 0. The molecule has 2 aliphatic rings. The second-order valence-corrected chi connectivity index (χ2v) is 8.81. The van der Waals surface area contributed by atoms with Gasteiger partial charge in [-0.15, -0.1) is 0 Å². The summed E-state index contributed by atoms with van der Waals surface area (Å²) >= 11 is 0. The average Bonchev–Trinajstić information content (AvgIpc) is 2.74. The number of carbonyl (C=O) groups excluding carboxylic acids is 1. The summed E-state index contributed by atoms with van der Waals surface area (Å²) in [6.45, 7) is 7.81. The van der Waals surface area contributed by atoms with Crippen LogP contribution in [0.2, 0.25) is 0 Å². The van der Waals surface area contributed by atoms with Crippen molar-refractivity contribution >= 4 is 11.9 Å². The molecule has 5 nitrogen and oxygen atoms in total. The highest BCUT2D eigenvalue weighted by Crippen LogP contribution is 2.24. The quantitative estimate of drug-likeness (QED) is 0.785. The number of carbonyl (C=O) groups is 1. The number of aryl methyl sites for hydroxylation is 1. The van der Waals surface area contributed by atoms with Crippen LogP contribution in [0.5, 0.6) is 0 Å². The summed E-state index contributed by atoms with van der Waals surface area (Å²) in [6, 6.07) is 12.5. The Bertz CT molecular complexity index is 830. The Labute approximate surface area is 174 Å². The molecule has 1 amide bonds. The van der Waals surface area contributed by atoms with Crippen LogP contribution in [-0.4, -0.2) is 47.0 Å². The van der Waals surface area contributed by atoms with Crippen LogP contribution in [0.3, 0.4) is 0 Å². The molecular weight excluding hydrogens is 360 g/mol. The molecule has 0 bridgehead atoms. The van der Waals surface area contributed by atoms with Gasteiger partial charge in [-0.3, -0.25) is 4.79 Å². The minimum absolute atomic E-state index is 0.0555. The third-order valence-corrected chi connectivity index (χ3v) is 6.27. The number of hydrogen-bond acceptors (Lipinski definition) is 4. The molecule has 1 aromatic carbocycles. The highest BCUT2D eigenvalue weighted by molar-refractivity contribution is 5.92. The second-order valence-electron chi connectivity index (χ2n) is 8.81. The van der Waals surface area contributed by atoms with Crippen LogP contribution in [0.1, 0.15) is 54.4 Å². The Hall–Kier alpha value is -2.43. The molecule has 2 fully saturated rings. The number of amides is 1. The van der Waals surface area contributed by atoms with Gasteiger partial charge in [-0.25, -0.2) is 9.97 Å². The van der Waals surface area contributed by atoms with Crippen molar-refractivity contribution in [2.24, 2.45) is 11.8 Å². The van der Waals surface area contributed by atoms with Crippen LogP contribution in [0.15, 0.2) is 36.4 Å². The van der Waals surface area contributed by atoms with Crippen LogP contribution < -0.4 is 4.90 Å². The topological polar surface area (TPSA) is 49.3 Å². The molecule has 0 N–H and O–H groups in total. The molecule has 3 heterocycles. The van der Waals surface area contributed by atoms with Gasteiger partial charge < -0.3 is 9.80 Å². The van der Waals surface area contributed by atoms with Gasteiger partial charge in [-0.2, -0.15) is 0 Å². The molecule has 0 radical (unpaired) electrons. The summed E-state index contributed by atoms with van der Waals surface area (Å²) in [5, 5.41) is 0. The van der Waals surface area contributed by atoms with Crippen molar-refractivity contribution in [2.75, 3.05) is 31.1 Å². The van der Waals surface area contributed by atoms with Gasteiger partial charge in [-0.1, -0.05) is 37.3 Å². The molecule has 1 unspecified atom stereocenters. The maximum Gasteiger partial charge on any atom is 0.272 e. The van der Waals surface area contributed by atoms with Crippen molar-refractivity contribution in [3.8, 4) is 0 Å². The molecule has 0 spiro atoms. The number of rotatable bonds is 4. The summed E-state index contributed by atoms with van der Waals surface area (Å²) in [5.74, 6) is 2.08. The van der Waals surface area contributed by atoms with E-state index in [4.69, 9.17) is 0 Å². The largest absolute Gasteiger partial charge is 0.341 e. The fourth-order valence-corrected chi connectivity index (χ4v) is 4.62. The summed E-state index contributed by atoms with van der Waals surface area (Å²) in [7, 11) is 0. The van der Waals surface area contributed by atoms with E-state index in [2.05, 4.69) is 52.1 Å². The molecule has 1 atom stereocenters. The molecule has 2 aromatic rings. The third-order valence-electron chi connectivity index (χ3n) is 6.27. The van der Waals surface area contributed by atoms with Crippen LogP contribution in [0, 0.1) is 18.8 Å². The molecule has 4 rings (SSSR count).